The number of halogens is 2. The van der Waals surface area contributed by atoms with E-state index in [2.05, 4.69) is 6.92 Å². The molecule has 150 valence electrons. The number of nitrogens with zero attached hydrogens (tertiary/aromatic N) is 2. The van der Waals surface area contributed by atoms with E-state index in [4.69, 9.17) is 5.73 Å². The summed E-state index contributed by atoms with van der Waals surface area (Å²) in [5.41, 5.74) is 6.36. The van der Waals surface area contributed by atoms with Crippen LogP contribution < -0.4 is 5.73 Å². The van der Waals surface area contributed by atoms with Crippen LogP contribution >= 0.6 is 12.4 Å². The Balaban J connectivity index is 0.00000261. The van der Waals surface area contributed by atoms with Gasteiger partial charge in [-0.05, 0) is 55.9 Å². The van der Waals surface area contributed by atoms with E-state index in [-0.39, 0.29) is 42.0 Å². The fourth-order valence-corrected chi connectivity index (χ4v) is 4.14. The molecule has 3 unspecified atom stereocenters. The Labute approximate surface area is 166 Å². The number of carbonyl (C=O) groups is 2. The minimum absolute atomic E-state index is 0. The lowest BCUT2D eigenvalue weighted by Gasteiger charge is -2.41. The average molecular weight is 398 g/mol. The van der Waals surface area contributed by atoms with Crippen LogP contribution in [-0.4, -0.2) is 53.8 Å². The highest BCUT2D eigenvalue weighted by Gasteiger charge is 2.36. The zero-order chi connectivity index (χ0) is 18.7. The van der Waals surface area contributed by atoms with Gasteiger partial charge in [0, 0.05) is 37.8 Å². The predicted octanol–water partition coefficient (Wildman–Crippen LogP) is 2.69. The molecule has 2 saturated heterocycles. The van der Waals surface area contributed by atoms with Crippen molar-refractivity contribution in [2.24, 2.45) is 17.6 Å². The van der Waals surface area contributed by atoms with Crippen LogP contribution in [0.5, 0.6) is 0 Å². The third-order valence-corrected chi connectivity index (χ3v) is 5.68. The first-order valence-electron chi connectivity index (χ1n) is 9.55. The Morgan fingerprint density at radius 3 is 2.56 bits per heavy atom. The van der Waals surface area contributed by atoms with E-state index < -0.39 is 0 Å². The van der Waals surface area contributed by atoms with E-state index in [0.717, 1.165) is 32.2 Å². The molecular formula is C20H29ClFN3O2. The quantitative estimate of drug-likeness (QED) is 0.852. The molecule has 0 bridgehead atoms. The van der Waals surface area contributed by atoms with Gasteiger partial charge in [0.1, 0.15) is 5.82 Å². The largest absolute Gasteiger partial charge is 0.338 e. The first-order valence-corrected chi connectivity index (χ1v) is 9.55. The molecule has 3 rings (SSSR count). The maximum Gasteiger partial charge on any atom is 0.253 e. The Morgan fingerprint density at radius 2 is 1.89 bits per heavy atom. The van der Waals surface area contributed by atoms with Crippen LogP contribution in [0.1, 0.15) is 43.0 Å². The molecule has 0 aromatic heterocycles. The predicted molar refractivity (Wildman–Crippen MR) is 105 cm³/mol. The number of nitrogens with two attached hydrogens (primary N) is 1. The van der Waals surface area contributed by atoms with E-state index in [1.165, 1.54) is 24.3 Å². The smallest absolute Gasteiger partial charge is 0.253 e. The van der Waals surface area contributed by atoms with Gasteiger partial charge in [-0.1, -0.05) is 6.92 Å². The van der Waals surface area contributed by atoms with Crippen molar-refractivity contribution in [1.29, 1.82) is 0 Å². The summed E-state index contributed by atoms with van der Waals surface area (Å²) in [4.78, 5) is 29.4. The zero-order valence-corrected chi connectivity index (χ0v) is 16.6. The number of amides is 2. The molecule has 0 radical (unpaired) electrons. The summed E-state index contributed by atoms with van der Waals surface area (Å²) in [6.07, 6.45) is 3.57. The monoisotopic (exact) mass is 397 g/mol. The van der Waals surface area contributed by atoms with Crippen molar-refractivity contribution in [2.45, 2.75) is 38.6 Å². The van der Waals surface area contributed by atoms with Crippen LogP contribution in [0.2, 0.25) is 0 Å². The van der Waals surface area contributed by atoms with Gasteiger partial charge in [-0.25, -0.2) is 4.39 Å². The summed E-state index contributed by atoms with van der Waals surface area (Å²) in [6.45, 7) is 4.51. The van der Waals surface area contributed by atoms with Gasteiger partial charge in [0.25, 0.3) is 5.91 Å². The molecule has 27 heavy (non-hydrogen) atoms. The number of carbonyl (C=O) groups excluding carboxylic acids is 2. The number of benzene rings is 1. The fourth-order valence-electron chi connectivity index (χ4n) is 4.14. The van der Waals surface area contributed by atoms with Crippen LogP contribution in [0.4, 0.5) is 4.39 Å². The zero-order valence-electron chi connectivity index (χ0n) is 15.8. The van der Waals surface area contributed by atoms with E-state index in [9.17, 15) is 14.0 Å². The lowest BCUT2D eigenvalue weighted by Crippen LogP contribution is -2.54. The highest BCUT2D eigenvalue weighted by atomic mass is 35.5. The van der Waals surface area contributed by atoms with Gasteiger partial charge in [-0.3, -0.25) is 9.59 Å². The second kappa shape index (κ2) is 9.51. The maximum absolute atomic E-state index is 13.1. The number of hydrogen-bond donors (Lipinski definition) is 1. The van der Waals surface area contributed by atoms with Crippen molar-refractivity contribution in [2.75, 3.05) is 26.2 Å². The molecule has 2 fully saturated rings. The first kappa shape index (κ1) is 21.6. The summed E-state index contributed by atoms with van der Waals surface area (Å²) >= 11 is 0. The highest BCUT2D eigenvalue weighted by molar-refractivity contribution is 5.94. The van der Waals surface area contributed by atoms with E-state index >= 15 is 0 Å². The Hall–Kier alpha value is -1.66. The standard InChI is InChI=1S/C20H28FN3O2.ClH/c1-14-8-10-24(18(11-14)12-22)20(26)16-3-2-9-23(13-16)19(25)15-4-6-17(21)7-5-15;/h4-7,14,16,18H,2-3,8-13,22H2,1H3;1H. The van der Waals surface area contributed by atoms with Gasteiger partial charge in [-0.2, -0.15) is 0 Å². The maximum atomic E-state index is 13.1. The molecule has 1 aromatic carbocycles. The Kier molecular flexibility index (Phi) is 7.62. The van der Waals surface area contributed by atoms with Crippen LogP contribution in [0.15, 0.2) is 24.3 Å². The molecular weight excluding hydrogens is 369 g/mol. The van der Waals surface area contributed by atoms with Crippen LogP contribution in [0.25, 0.3) is 0 Å². The molecule has 2 aliphatic heterocycles. The summed E-state index contributed by atoms with van der Waals surface area (Å²) in [7, 11) is 0. The molecule has 7 heteroatoms. The van der Waals surface area contributed by atoms with Crippen LogP contribution in [0.3, 0.4) is 0 Å². The Morgan fingerprint density at radius 1 is 1.19 bits per heavy atom. The summed E-state index contributed by atoms with van der Waals surface area (Å²) < 4.78 is 13.1. The lowest BCUT2D eigenvalue weighted by molar-refractivity contribution is -0.141. The van der Waals surface area contributed by atoms with Gasteiger partial charge in [0.05, 0.1) is 5.92 Å². The molecule has 2 heterocycles. The molecule has 2 aliphatic rings. The summed E-state index contributed by atoms with van der Waals surface area (Å²) in [5.74, 6) is 0.0561. The highest BCUT2D eigenvalue weighted by Crippen LogP contribution is 2.27. The van der Waals surface area contributed by atoms with Gasteiger partial charge >= 0.3 is 0 Å². The molecule has 3 atom stereocenters. The fraction of sp³-hybridized carbons (Fsp3) is 0.600. The van der Waals surface area contributed by atoms with Crippen LogP contribution in [-0.2, 0) is 4.79 Å². The van der Waals surface area contributed by atoms with E-state index in [1.54, 1.807) is 4.90 Å². The van der Waals surface area contributed by atoms with Gasteiger partial charge < -0.3 is 15.5 Å². The van der Waals surface area contributed by atoms with Crippen molar-refractivity contribution in [3.8, 4) is 0 Å². The third-order valence-electron chi connectivity index (χ3n) is 5.68. The molecule has 1 aromatic rings. The number of piperidine rings is 2. The molecule has 0 saturated carbocycles. The third kappa shape index (κ3) is 4.99. The van der Waals surface area contributed by atoms with Crippen molar-refractivity contribution >= 4 is 24.2 Å². The van der Waals surface area contributed by atoms with Crippen molar-refractivity contribution in [1.82, 2.24) is 9.80 Å². The van der Waals surface area contributed by atoms with Crippen molar-refractivity contribution in [3.63, 3.8) is 0 Å². The SMILES string of the molecule is CC1CCN(C(=O)C2CCCN(C(=O)c3ccc(F)cc3)C2)C(CN)C1.Cl. The molecule has 0 spiro atoms. The second-order valence-electron chi connectivity index (χ2n) is 7.65. The second-order valence-corrected chi connectivity index (χ2v) is 7.65. The topological polar surface area (TPSA) is 66.6 Å². The molecule has 0 aliphatic carbocycles. The Bertz CT molecular complexity index is 655. The van der Waals surface area contributed by atoms with E-state index in [1.807, 2.05) is 4.90 Å². The lowest BCUT2D eigenvalue weighted by atomic mass is 9.89. The number of rotatable bonds is 3. The van der Waals surface area contributed by atoms with Crippen molar-refractivity contribution in [3.05, 3.63) is 35.6 Å². The summed E-state index contributed by atoms with van der Waals surface area (Å²) in [6, 6.07) is 5.69. The van der Waals surface area contributed by atoms with E-state index in [0.29, 0.717) is 31.1 Å². The van der Waals surface area contributed by atoms with Gasteiger partial charge in [0.2, 0.25) is 5.91 Å². The normalized spacial score (nSPS) is 25.7. The van der Waals surface area contributed by atoms with Crippen LogP contribution in [0, 0.1) is 17.7 Å². The molecule has 5 nitrogen and oxygen atoms in total. The number of likely N-dealkylation sites (tertiary alicyclic amines) is 2. The van der Waals surface area contributed by atoms with Gasteiger partial charge in [0.15, 0.2) is 0 Å². The first-order chi connectivity index (χ1) is 12.5. The molecule has 2 N–H and O–H groups in total. The number of hydrogen-bond acceptors (Lipinski definition) is 3. The van der Waals surface area contributed by atoms with Gasteiger partial charge in [-0.15, -0.1) is 12.4 Å². The minimum atomic E-state index is -0.361. The summed E-state index contributed by atoms with van der Waals surface area (Å²) in [5, 5.41) is 0. The average Bonchev–Trinajstić information content (AvgIpc) is 2.67. The van der Waals surface area contributed by atoms with Crippen molar-refractivity contribution < 1.29 is 14.0 Å². The minimum Gasteiger partial charge on any atom is -0.338 e. The molecule has 2 amide bonds.